The van der Waals surface area contributed by atoms with Gasteiger partial charge in [0.15, 0.2) is 0 Å². The molecule has 0 atom stereocenters. The number of carbonyl (C=O) groups is 2. The van der Waals surface area contributed by atoms with E-state index >= 15 is 0 Å². The van der Waals surface area contributed by atoms with E-state index in [4.69, 9.17) is 21.1 Å². The average molecular weight is 505 g/mol. The molecule has 36 heavy (non-hydrogen) atoms. The van der Waals surface area contributed by atoms with Crippen LogP contribution in [0.25, 0.3) is 11.8 Å². The first-order valence-electron chi connectivity index (χ1n) is 11.9. The molecule has 1 aromatic heterocycles. The van der Waals surface area contributed by atoms with Crippen molar-refractivity contribution < 1.29 is 19.1 Å². The van der Waals surface area contributed by atoms with E-state index in [2.05, 4.69) is 4.57 Å². The number of amides is 1. The van der Waals surface area contributed by atoms with E-state index < -0.39 is 5.97 Å². The molecule has 3 aromatic rings. The summed E-state index contributed by atoms with van der Waals surface area (Å²) in [5.74, 6) is -0.0869. The minimum absolute atomic E-state index is 0.214. The van der Waals surface area contributed by atoms with Gasteiger partial charge in [0.2, 0.25) is 0 Å². The van der Waals surface area contributed by atoms with Crippen LogP contribution in [0, 0.1) is 13.8 Å². The van der Waals surface area contributed by atoms with Crippen molar-refractivity contribution in [2.45, 2.75) is 34.6 Å². The topological polar surface area (TPSA) is 60.8 Å². The molecule has 0 aliphatic carbocycles. The molecule has 1 aliphatic heterocycles. The standard InChI is InChI=1S/C29H29ClN2O4/c1-6-35-25-14-12-24(13-15-25)32-20(5)27(29(34)36-7-2)26(28(32)33)17-21-16-18(3)31(19(21)4)23-10-8-22(30)9-11-23/h8-17H,6-7H2,1-5H3/b26-17-. The quantitative estimate of drug-likeness (QED) is 0.275. The summed E-state index contributed by atoms with van der Waals surface area (Å²) in [6.45, 7) is 10.2. The second-order valence-corrected chi connectivity index (χ2v) is 8.88. The van der Waals surface area contributed by atoms with Gasteiger partial charge in [-0.05, 0) is 101 Å². The Morgan fingerprint density at radius 3 is 2.19 bits per heavy atom. The van der Waals surface area contributed by atoms with E-state index in [0.717, 1.165) is 22.6 Å². The van der Waals surface area contributed by atoms with Crippen molar-refractivity contribution in [2.75, 3.05) is 18.1 Å². The summed E-state index contributed by atoms with van der Waals surface area (Å²) in [6, 6.07) is 16.8. The van der Waals surface area contributed by atoms with Gasteiger partial charge in [-0.1, -0.05) is 11.6 Å². The Balaban J connectivity index is 1.80. The number of hydrogen-bond acceptors (Lipinski definition) is 4. The number of anilines is 1. The van der Waals surface area contributed by atoms with Crippen LogP contribution in [0.15, 0.2) is 71.4 Å². The highest BCUT2D eigenvalue weighted by molar-refractivity contribution is 6.30. The summed E-state index contributed by atoms with van der Waals surface area (Å²) >= 11 is 6.07. The third-order valence-electron chi connectivity index (χ3n) is 6.14. The van der Waals surface area contributed by atoms with Crippen molar-refractivity contribution in [2.24, 2.45) is 0 Å². The predicted octanol–water partition coefficient (Wildman–Crippen LogP) is 6.41. The van der Waals surface area contributed by atoms with Crippen molar-refractivity contribution in [1.82, 2.24) is 4.57 Å². The van der Waals surface area contributed by atoms with Crippen LogP contribution in [0.4, 0.5) is 5.69 Å². The first-order valence-corrected chi connectivity index (χ1v) is 12.3. The molecule has 0 saturated carbocycles. The van der Waals surface area contributed by atoms with E-state index in [-0.39, 0.29) is 18.1 Å². The Morgan fingerprint density at radius 2 is 1.58 bits per heavy atom. The Bertz CT molecular complexity index is 1370. The number of rotatable bonds is 7. The molecule has 0 unspecified atom stereocenters. The van der Waals surface area contributed by atoms with Gasteiger partial charge < -0.3 is 14.0 Å². The van der Waals surface area contributed by atoms with Crippen LogP contribution in [0.5, 0.6) is 5.75 Å². The Morgan fingerprint density at radius 1 is 0.944 bits per heavy atom. The molecule has 0 N–H and O–H groups in total. The van der Waals surface area contributed by atoms with Gasteiger partial charge in [0.25, 0.3) is 5.91 Å². The molecule has 1 aliphatic rings. The molecule has 0 bridgehead atoms. The van der Waals surface area contributed by atoms with Crippen LogP contribution >= 0.6 is 11.6 Å². The zero-order chi connectivity index (χ0) is 26.0. The SMILES string of the molecule is CCOC(=O)C1=C(C)N(c2ccc(OCC)cc2)C(=O)/C1=C\c1cc(C)n(-c2ccc(Cl)cc2)c1C. The smallest absolute Gasteiger partial charge is 0.340 e. The van der Waals surface area contributed by atoms with Gasteiger partial charge in [0, 0.05) is 33.5 Å². The van der Waals surface area contributed by atoms with Gasteiger partial charge in [0.05, 0.1) is 24.4 Å². The number of esters is 1. The number of nitrogens with zero attached hydrogens (tertiary/aromatic N) is 2. The number of ether oxygens (including phenoxy) is 2. The summed E-state index contributed by atoms with van der Waals surface area (Å²) in [5, 5.41) is 0.661. The van der Waals surface area contributed by atoms with Gasteiger partial charge in [0.1, 0.15) is 5.75 Å². The van der Waals surface area contributed by atoms with Crippen LogP contribution in [-0.4, -0.2) is 29.7 Å². The minimum atomic E-state index is -0.519. The fourth-order valence-electron chi connectivity index (χ4n) is 4.53. The lowest BCUT2D eigenvalue weighted by molar-refractivity contribution is -0.138. The molecular weight excluding hydrogens is 476 g/mol. The van der Waals surface area contributed by atoms with Gasteiger partial charge in [-0.2, -0.15) is 0 Å². The Kier molecular flexibility index (Phi) is 7.36. The Labute approximate surface area is 216 Å². The molecule has 0 saturated heterocycles. The number of allylic oxidation sites excluding steroid dienone is 1. The number of benzene rings is 2. The summed E-state index contributed by atoms with van der Waals surface area (Å²) in [6.07, 6.45) is 1.78. The maximum Gasteiger partial charge on any atom is 0.340 e. The highest BCUT2D eigenvalue weighted by Gasteiger charge is 2.38. The number of aromatic nitrogens is 1. The molecule has 2 aromatic carbocycles. The van der Waals surface area contributed by atoms with E-state index in [0.29, 0.717) is 34.3 Å². The fraction of sp³-hybridized carbons (Fsp3) is 0.241. The number of hydrogen-bond donors (Lipinski definition) is 0. The third-order valence-corrected chi connectivity index (χ3v) is 6.39. The van der Waals surface area contributed by atoms with Gasteiger partial charge in [-0.3, -0.25) is 9.69 Å². The molecule has 4 rings (SSSR count). The van der Waals surface area contributed by atoms with Crippen molar-refractivity contribution in [3.05, 3.63) is 93.4 Å². The van der Waals surface area contributed by atoms with Crippen molar-refractivity contribution in [3.8, 4) is 11.4 Å². The summed E-state index contributed by atoms with van der Waals surface area (Å²) in [4.78, 5) is 28.3. The molecule has 1 amide bonds. The van der Waals surface area contributed by atoms with Gasteiger partial charge in [-0.15, -0.1) is 0 Å². The number of halogens is 1. The lowest BCUT2D eigenvalue weighted by Crippen LogP contribution is -2.24. The molecule has 0 radical (unpaired) electrons. The molecule has 0 fully saturated rings. The minimum Gasteiger partial charge on any atom is -0.494 e. The lowest BCUT2D eigenvalue weighted by atomic mass is 10.0. The lowest BCUT2D eigenvalue weighted by Gasteiger charge is -2.18. The highest BCUT2D eigenvalue weighted by atomic mass is 35.5. The number of carbonyl (C=O) groups excluding carboxylic acids is 2. The largest absolute Gasteiger partial charge is 0.494 e. The zero-order valence-electron chi connectivity index (χ0n) is 21.1. The van der Waals surface area contributed by atoms with Crippen LogP contribution in [0.3, 0.4) is 0 Å². The molecule has 7 heteroatoms. The van der Waals surface area contributed by atoms with Crippen molar-refractivity contribution in [1.29, 1.82) is 0 Å². The molecule has 186 valence electrons. The monoisotopic (exact) mass is 504 g/mol. The van der Waals surface area contributed by atoms with Crippen LogP contribution < -0.4 is 9.64 Å². The van der Waals surface area contributed by atoms with Crippen LogP contribution in [0.2, 0.25) is 5.02 Å². The van der Waals surface area contributed by atoms with Crippen LogP contribution in [0.1, 0.15) is 37.7 Å². The molecule has 0 spiro atoms. The maximum absolute atomic E-state index is 13.7. The van der Waals surface area contributed by atoms with E-state index in [9.17, 15) is 9.59 Å². The second-order valence-electron chi connectivity index (χ2n) is 8.44. The summed E-state index contributed by atoms with van der Waals surface area (Å²) in [7, 11) is 0. The molecule has 6 nitrogen and oxygen atoms in total. The van der Waals surface area contributed by atoms with Crippen molar-refractivity contribution in [3.63, 3.8) is 0 Å². The molecular formula is C29H29ClN2O4. The third kappa shape index (κ3) is 4.69. The number of aryl methyl sites for hydroxylation is 1. The average Bonchev–Trinajstić information content (AvgIpc) is 3.27. The normalized spacial score (nSPS) is 14.7. The van der Waals surface area contributed by atoms with Gasteiger partial charge >= 0.3 is 5.97 Å². The van der Waals surface area contributed by atoms with Gasteiger partial charge in [-0.25, -0.2) is 4.79 Å². The van der Waals surface area contributed by atoms with Crippen molar-refractivity contribution >= 4 is 35.2 Å². The van der Waals surface area contributed by atoms with E-state index in [1.165, 1.54) is 0 Å². The van der Waals surface area contributed by atoms with E-state index in [1.54, 1.807) is 24.8 Å². The summed E-state index contributed by atoms with van der Waals surface area (Å²) < 4.78 is 13.0. The Hall–Kier alpha value is -3.77. The van der Waals surface area contributed by atoms with Crippen LogP contribution in [-0.2, 0) is 14.3 Å². The maximum atomic E-state index is 13.7. The predicted molar refractivity (Wildman–Crippen MR) is 143 cm³/mol. The summed E-state index contributed by atoms with van der Waals surface area (Å²) in [5.41, 5.74) is 5.49. The zero-order valence-corrected chi connectivity index (χ0v) is 21.8. The van der Waals surface area contributed by atoms with E-state index in [1.807, 2.05) is 75.4 Å². The molecule has 2 heterocycles. The highest BCUT2D eigenvalue weighted by Crippen LogP contribution is 2.37. The first-order chi connectivity index (χ1) is 17.3. The first kappa shape index (κ1) is 25.3. The fourth-order valence-corrected chi connectivity index (χ4v) is 4.65. The second kappa shape index (κ2) is 10.5.